The lowest BCUT2D eigenvalue weighted by Crippen LogP contribution is -2.38. The lowest BCUT2D eigenvalue weighted by molar-refractivity contribution is 0.0732. The average molecular weight is 288 g/mol. The van der Waals surface area contributed by atoms with Gasteiger partial charge in [-0.05, 0) is 24.0 Å². The predicted octanol–water partition coefficient (Wildman–Crippen LogP) is 4.18. The molecule has 0 spiro atoms. The van der Waals surface area contributed by atoms with Gasteiger partial charge in [0.1, 0.15) is 0 Å². The Labute approximate surface area is 129 Å². The molecule has 0 saturated heterocycles. The third kappa shape index (κ3) is 1.95. The van der Waals surface area contributed by atoms with Crippen LogP contribution in [0.2, 0.25) is 0 Å². The van der Waals surface area contributed by atoms with Crippen LogP contribution in [0.5, 0.6) is 0 Å². The van der Waals surface area contributed by atoms with Crippen LogP contribution in [0.3, 0.4) is 0 Å². The maximum absolute atomic E-state index is 12.8. The van der Waals surface area contributed by atoms with Crippen LogP contribution in [0.25, 0.3) is 5.57 Å². The Balaban J connectivity index is 1.73. The van der Waals surface area contributed by atoms with Gasteiger partial charge in [0, 0.05) is 23.0 Å². The van der Waals surface area contributed by atoms with Crippen molar-refractivity contribution in [1.29, 1.82) is 0 Å². The van der Waals surface area contributed by atoms with E-state index in [0.29, 0.717) is 24.0 Å². The van der Waals surface area contributed by atoms with E-state index in [1.807, 2.05) is 30.3 Å². The lowest BCUT2D eigenvalue weighted by Gasteiger charge is -2.34. The molecule has 2 aromatic carbocycles. The summed E-state index contributed by atoms with van der Waals surface area (Å²) in [5.74, 6) is -0.136. The topological polar surface area (TPSA) is 34.1 Å². The molecule has 2 aliphatic carbocycles. The number of carbonyl (C=O) groups excluding carboxylic acids is 2. The zero-order valence-electron chi connectivity index (χ0n) is 12.2. The minimum Gasteiger partial charge on any atom is -0.294 e. The van der Waals surface area contributed by atoms with E-state index >= 15 is 0 Å². The number of hydrogen-bond acceptors (Lipinski definition) is 2. The quantitative estimate of drug-likeness (QED) is 0.789. The van der Waals surface area contributed by atoms with Gasteiger partial charge in [-0.15, -0.1) is 0 Å². The van der Waals surface area contributed by atoms with Crippen molar-refractivity contribution in [2.45, 2.75) is 12.8 Å². The highest BCUT2D eigenvalue weighted by Gasteiger charge is 2.42. The van der Waals surface area contributed by atoms with Gasteiger partial charge in [-0.2, -0.15) is 0 Å². The molecule has 0 radical (unpaired) electrons. The minimum absolute atomic E-state index is 0.127. The number of Topliss-reactive ketones (excluding diaryl/α,β-unsaturated/α-hetero) is 2. The van der Waals surface area contributed by atoms with E-state index in [4.69, 9.17) is 0 Å². The number of fused-ring (bicyclic) bond motifs is 2. The fourth-order valence-electron chi connectivity index (χ4n) is 3.66. The van der Waals surface area contributed by atoms with Crippen LogP contribution < -0.4 is 0 Å². The van der Waals surface area contributed by atoms with Crippen LogP contribution in [0.1, 0.15) is 39.1 Å². The van der Waals surface area contributed by atoms with Crippen molar-refractivity contribution in [2.24, 2.45) is 11.8 Å². The second-order valence-electron chi connectivity index (χ2n) is 6.02. The summed E-state index contributed by atoms with van der Waals surface area (Å²) < 4.78 is 0. The zero-order valence-corrected chi connectivity index (χ0v) is 12.2. The van der Waals surface area contributed by atoms with Crippen molar-refractivity contribution in [3.05, 3.63) is 77.4 Å². The number of hydrogen-bond donors (Lipinski definition) is 0. The van der Waals surface area contributed by atoms with Gasteiger partial charge >= 0.3 is 0 Å². The summed E-state index contributed by atoms with van der Waals surface area (Å²) in [6.45, 7) is 0. The van der Waals surface area contributed by atoms with Crippen LogP contribution in [-0.4, -0.2) is 11.6 Å². The van der Waals surface area contributed by atoms with Crippen LogP contribution in [0.15, 0.2) is 60.7 Å². The Bertz CT molecular complexity index is 786. The summed E-state index contributed by atoms with van der Waals surface area (Å²) in [5.41, 5.74) is 3.54. The van der Waals surface area contributed by atoms with Gasteiger partial charge in [0.05, 0.1) is 0 Å². The van der Waals surface area contributed by atoms with Crippen molar-refractivity contribution < 1.29 is 9.59 Å². The first-order valence-electron chi connectivity index (χ1n) is 7.67. The molecular weight excluding hydrogens is 272 g/mol. The van der Waals surface area contributed by atoms with E-state index < -0.39 is 0 Å². The Hall–Kier alpha value is -2.48. The van der Waals surface area contributed by atoms with Gasteiger partial charge in [0.2, 0.25) is 0 Å². The Morgan fingerprint density at radius 1 is 0.727 bits per heavy atom. The van der Waals surface area contributed by atoms with Gasteiger partial charge in [0.25, 0.3) is 0 Å². The van der Waals surface area contributed by atoms with E-state index in [1.165, 1.54) is 5.57 Å². The van der Waals surface area contributed by atoms with E-state index in [0.717, 1.165) is 5.56 Å². The number of rotatable bonds is 1. The van der Waals surface area contributed by atoms with Crippen molar-refractivity contribution in [1.82, 2.24) is 0 Å². The van der Waals surface area contributed by atoms with Crippen molar-refractivity contribution in [3.63, 3.8) is 0 Å². The largest absolute Gasteiger partial charge is 0.294 e. The molecule has 0 bridgehead atoms. The summed E-state index contributed by atoms with van der Waals surface area (Å²) in [6, 6.07) is 17.4. The third-order valence-corrected chi connectivity index (χ3v) is 4.82. The molecule has 0 aromatic heterocycles. The van der Waals surface area contributed by atoms with E-state index in [2.05, 4.69) is 18.2 Å². The summed E-state index contributed by atoms with van der Waals surface area (Å²) >= 11 is 0. The van der Waals surface area contributed by atoms with Crippen molar-refractivity contribution in [3.8, 4) is 0 Å². The molecule has 0 aliphatic heterocycles. The predicted molar refractivity (Wildman–Crippen MR) is 85.7 cm³/mol. The van der Waals surface area contributed by atoms with Crippen molar-refractivity contribution >= 4 is 17.1 Å². The van der Waals surface area contributed by atoms with Gasteiger partial charge in [-0.1, -0.05) is 60.7 Å². The molecule has 0 saturated carbocycles. The second-order valence-corrected chi connectivity index (χ2v) is 6.02. The van der Waals surface area contributed by atoms with E-state index in [-0.39, 0.29) is 23.4 Å². The number of benzene rings is 2. The smallest absolute Gasteiger partial charge is 0.167 e. The number of carbonyl (C=O) groups is 2. The zero-order chi connectivity index (χ0) is 15.1. The van der Waals surface area contributed by atoms with Crippen LogP contribution in [0.4, 0.5) is 0 Å². The van der Waals surface area contributed by atoms with Crippen LogP contribution in [-0.2, 0) is 0 Å². The fraction of sp³-hybridized carbons (Fsp3) is 0.200. The molecule has 2 aromatic rings. The molecule has 0 heterocycles. The molecule has 2 aliphatic rings. The highest BCUT2D eigenvalue weighted by Crippen LogP contribution is 2.41. The number of ketones is 2. The third-order valence-electron chi connectivity index (χ3n) is 4.82. The van der Waals surface area contributed by atoms with Gasteiger partial charge in [0.15, 0.2) is 11.6 Å². The molecule has 0 N–H and O–H groups in total. The maximum Gasteiger partial charge on any atom is 0.167 e. The van der Waals surface area contributed by atoms with Gasteiger partial charge in [-0.3, -0.25) is 9.59 Å². The summed E-state index contributed by atoms with van der Waals surface area (Å²) in [5, 5.41) is 0. The SMILES string of the molecule is O=C1c2ccccc2C(=O)[C@@H]2CC(c3ccccc3)=CC[C@@H]12. The second kappa shape index (κ2) is 5.06. The van der Waals surface area contributed by atoms with Gasteiger partial charge in [-0.25, -0.2) is 0 Å². The highest BCUT2D eigenvalue weighted by molar-refractivity contribution is 6.16. The Morgan fingerprint density at radius 3 is 2.00 bits per heavy atom. The van der Waals surface area contributed by atoms with E-state index in [9.17, 15) is 9.59 Å². The highest BCUT2D eigenvalue weighted by atomic mass is 16.1. The first-order chi connectivity index (χ1) is 10.8. The monoisotopic (exact) mass is 288 g/mol. The molecule has 0 fully saturated rings. The fourth-order valence-corrected chi connectivity index (χ4v) is 3.66. The molecule has 2 atom stereocenters. The molecular formula is C20H16O2. The molecule has 0 amide bonds. The van der Waals surface area contributed by atoms with Crippen LogP contribution in [0, 0.1) is 11.8 Å². The lowest BCUT2D eigenvalue weighted by atomic mass is 9.67. The van der Waals surface area contributed by atoms with Crippen LogP contribution >= 0.6 is 0 Å². The maximum atomic E-state index is 12.8. The average Bonchev–Trinajstić information content (AvgIpc) is 2.60. The molecule has 4 rings (SSSR count). The Morgan fingerprint density at radius 2 is 1.32 bits per heavy atom. The minimum atomic E-state index is -0.206. The Kier molecular flexibility index (Phi) is 3.04. The standard InChI is InChI=1S/C20H16O2/c21-19-15-8-4-5-9-16(15)20(22)18-12-14(10-11-17(18)19)13-6-2-1-3-7-13/h1-10,17-18H,11-12H2/t17-,18-/m1/s1. The first-order valence-corrected chi connectivity index (χ1v) is 7.67. The molecule has 2 nitrogen and oxygen atoms in total. The number of allylic oxidation sites excluding steroid dienone is 2. The summed E-state index contributed by atoms with van der Waals surface area (Å²) in [7, 11) is 0. The summed E-state index contributed by atoms with van der Waals surface area (Å²) in [4.78, 5) is 25.5. The molecule has 108 valence electrons. The molecule has 0 unspecified atom stereocenters. The molecule has 22 heavy (non-hydrogen) atoms. The van der Waals surface area contributed by atoms with Crippen molar-refractivity contribution in [2.75, 3.05) is 0 Å². The van der Waals surface area contributed by atoms with Gasteiger partial charge < -0.3 is 0 Å². The van der Waals surface area contributed by atoms with E-state index in [1.54, 1.807) is 12.1 Å². The normalized spacial score (nSPS) is 23.5. The first kappa shape index (κ1) is 13.2. The molecule has 2 heteroatoms. The summed E-state index contributed by atoms with van der Waals surface area (Å²) in [6.07, 6.45) is 3.46.